The normalized spacial score (nSPS) is 30.3. The molecule has 3 aliphatic rings. The smallest absolute Gasteiger partial charge is 0.321 e. The largest absolute Gasteiger partial charge is 0.362 e. The van der Waals surface area contributed by atoms with Gasteiger partial charge in [0.15, 0.2) is 0 Å². The fraction of sp³-hybridized carbons (Fsp3) is 0.619. The average Bonchev–Trinajstić information content (AvgIpc) is 3.41. The highest BCUT2D eigenvalue weighted by Gasteiger charge is 2.49. The summed E-state index contributed by atoms with van der Waals surface area (Å²) in [5.41, 5.74) is 0.533. The van der Waals surface area contributed by atoms with Crippen LogP contribution < -0.4 is 10.6 Å². The van der Waals surface area contributed by atoms with Crippen molar-refractivity contribution in [3.63, 3.8) is 0 Å². The Balaban J connectivity index is 1.30. The Labute approximate surface area is 160 Å². The molecule has 3 atom stereocenters. The number of benzene rings is 1. The van der Waals surface area contributed by atoms with Gasteiger partial charge in [-0.05, 0) is 50.2 Å². The number of urea groups is 1. The van der Waals surface area contributed by atoms with Gasteiger partial charge < -0.3 is 20.3 Å². The third-order valence-electron chi connectivity index (χ3n) is 6.27. The van der Waals surface area contributed by atoms with Gasteiger partial charge in [0.05, 0.1) is 5.60 Å². The summed E-state index contributed by atoms with van der Waals surface area (Å²) in [6.07, 6.45) is 4.57. The first-order valence-corrected chi connectivity index (χ1v) is 10.1. The molecular formula is C21H29N3O3. The van der Waals surface area contributed by atoms with Crippen LogP contribution in [0.3, 0.4) is 0 Å². The number of hydrogen-bond acceptors (Lipinski definition) is 3. The molecule has 1 saturated carbocycles. The topological polar surface area (TPSA) is 70.7 Å². The van der Waals surface area contributed by atoms with E-state index >= 15 is 0 Å². The molecular weight excluding hydrogens is 342 g/mol. The molecule has 1 aromatic rings. The van der Waals surface area contributed by atoms with Crippen LogP contribution in [0.25, 0.3) is 0 Å². The first-order chi connectivity index (χ1) is 13.1. The first-order valence-electron chi connectivity index (χ1n) is 10.1. The minimum atomic E-state index is -0.337. The third kappa shape index (κ3) is 4.10. The number of carbonyl (C=O) groups excluding carboxylic acids is 2. The van der Waals surface area contributed by atoms with Crippen molar-refractivity contribution in [2.24, 2.45) is 11.8 Å². The zero-order chi connectivity index (χ0) is 18.9. The number of rotatable bonds is 4. The summed E-state index contributed by atoms with van der Waals surface area (Å²) in [4.78, 5) is 26.8. The fourth-order valence-corrected chi connectivity index (χ4v) is 4.26. The predicted octanol–water partition coefficient (Wildman–Crippen LogP) is 3.00. The van der Waals surface area contributed by atoms with Crippen LogP contribution in [0.4, 0.5) is 10.5 Å². The molecule has 3 fully saturated rings. The molecule has 1 spiro atoms. The van der Waals surface area contributed by atoms with Crippen molar-refractivity contribution in [1.82, 2.24) is 10.2 Å². The lowest BCUT2D eigenvalue weighted by Crippen LogP contribution is -2.54. The van der Waals surface area contributed by atoms with Crippen LogP contribution in [0.5, 0.6) is 0 Å². The number of para-hydroxylation sites is 1. The van der Waals surface area contributed by atoms with Crippen molar-refractivity contribution in [1.29, 1.82) is 0 Å². The second kappa shape index (κ2) is 7.50. The molecule has 2 N–H and O–H groups in total. The van der Waals surface area contributed by atoms with E-state index in [0.717, 1.165) is 31.5 Å². The number of carbonyl (C=O) groups is 2. The van der Waals surface area contributed by atoms with Crippen LogP contribution in [-0.4, -0.2) is 48.2 Å². The molecule has 6 nitrogen and oxygen atoms in total. The van der Waals surface area contributed by atoms with Gasteiger partial charge in [0.25, 0.3) is 0 Å². The van der Waals surface area contributed by atoms with E-state index in [-0.39, 0.29) is 29.6 Å². The average molecular weight is 371 g/mol. The number of nitrogens with zero attached hydrogens (tertiary/aromatic N) is 1. The molecule has 1 unspecified atom stereocenters. The number of amides is 3. The van der Waals surface area contributed by atoms with E-state index in [9.17, 15) is 9.59 Å². The Morgan fingerprint density at radius 1 is 1.19 bits per heavy atom. The number of hydrogen-bond donors (Lipinski definition) is 2. The van der Waals surface area contributed by atoms with Gasteiger partial charge in [0.1, 0.15) is 6.10 Å². The van der Waals surface area contributed by atoms with Gasteiger partial charge in [-0.1, -0.05) is 25.1 Å². The van der Waals surface area contributed by atoms with Gasteiger partial charge >= 0.3 is 6.03 Å². The van der Waals surface area contributed by atoms with Crippen LogP contribution >= 0.6 is 0 Å². The molecule has 0 bridgehead atoms. The van der Waals surface area contributed by atoms with Gasteiger partial charge in [-0.2, -0.15) is 0 Å². The summed E-state index contributed by atoms with van der Waals surface area (Å²) in [5.74, 6) is 0.916. The maximum Gasteiger partial charge on any atom is 0.321 e. The molecule has 1 aromatic carbocycles. The highest BCUT2D eigenvalue weighted by atomic mass is 16.5. The maximum absolute atomic E-state index is 12.6. The monoisotopic (exact) mass is 371 g/mol. The van der Waals surface area contributed by atoms with E-state index < -0.39 is 0 Å². The number of likely N-dealkylation sites (tertiary alicyclic amines) is 1. The van der Waals surface area contributed by atoms with Crippen LogP contribution in [0.15, 0.2) is 30.3 Å². The van der Waals surface area contributed by atoms with Crippen molar-refractivity contribution >= 4 is 17.6 Å². The Morgan fingerprint density at radius 2 is 1.96 bits per heavy atom. The zero-order valence-electron chi connectivity index (χ0n) is 15.9. The van der Waals surface area contributed by atoms with Gasteiger partial charge in [-0.15, -0.1) is 0 Å². The molecule has 2 saturated heterocycles. The van der Waals surface area contributed by atoms with Crippen molar-refractivity contribution < 1.29 is 14.3 Å². The summed E-state index contributed by atoms with van der Waals surface area (Å²) in [6, 6.07) is 9.44. The maximum atomic E-state index is 12.6. The van der Waals surface area contributed by atoms with E-state index in [2.05, 4.69) is 17.6 Å². The molecule has 4 rings (SSSR count). The molecule has 3 amide bonds. The van der Waals surface area contributed by atoms with E-state index in [1.165, 1.54) is 12.8 Å². The van der Waals surface area contributed by atoms with Crippen molar-refractivity contribution in [3.05, 3.63) is 30.3 Å². The van der Waals surface area contributed by atoms with Crippen molar-refractivity contribution in [2.45, 2.75) is 50.7 Å². The lowest BCUT2D eigenvalue weighted by atomic mass is 9.80. The van der Waals surface area contributed by atoms with Crippen molar-refractivity contribution in [2.75, 3.05) is 25.0 Å². The highest BCUT2D eigenvalue weighted by molar-refractivity contribution is 5.89. The van der Waals surface area contributed by atoms with E-state index in [0.29, 0.717) is 19.0 Å². The fourth-order valence-electron chi connectivity index (χ4n) is 4.26. The third-order valence-corrected chi connectivity index (χ3v) is 6.27. The van der Waals surface area contributed by atoms with Crippen LogP contribution in [0, 0.1) is 11.8 Å². The molecule has 1 aliphatic carbocycles. The number of ether oxygens (including phenoxy) is 1. The van der Waals surface area contributed by atoms with E-state index in [4.69, 9.17) is 4.74 Å². The summed E-state index contributed by atoms with van der Waals surface area (Å²) in [6.45, 7) is 4.22. The SMILES string of the molecule is C[C@H]1CN(C(=O)Nc2ccccc2)CC[C@]12CCC(C(=O)NCC1CC1)O2. The van der Waals surface area contributed by atoms with Crippen LogP contribution in [-0.2, 0) is 9.53 Å². The van der Waals surface area contributed by atoms with E-state index in [1.807, 2.05) is 35.2 Å². The molecule has 6 heteroatoms. The molecule has 2 heterocycles. The molecule has 27 heavy (non-hydrogen) atoms. The minimum absolute atomic E-state index is 0.0372. The summed E-state index contributed by atoms with van der Waals surface area (Å²) in [7, 11) is 0. The van der Waals surface area contributed by atoms with Crippen molar-refractivity contribution in [3.8, 4) is 0 Å². The van der Waals surface area contributed by atoms with Gasteiger partial charge in [0, 0.05) is 31.2 Å². The van der Waals surface area contributed by atoms with Crippen LogP contribution in [0.1, 0.15) is 39.0 Å². The number of piperidine rings is 1. The van der Waals surface area contributed by atoms with Crippen LogP contribution in [0.2, 0.25) is 0 Å². The molecule has 0 aromatic heterocycles. The summed E-state index contributed by atoms with van der Waals surface area (Å²) < 4.78 is 6.29. The van der Waals surface area contributed by atoms with Gasteiger partial charge in [0.2, 0.25) is 5.91 Å². The quantitative estimate of drug-likeness (QED) is 0.855. The zero-order valence-corrected chi connectivity index (χ0v) is 15.9. The number of anilines is 1. The number of nitrogens with one attached hydrogen (secondary N) is 2. The second-order valence-electron chi connectivity index (χ2n) is 8.29. The minimum Gasteiger partial charge on any atom is -0.362 e. The first kappa shape index (κ1) is 18.3. The predicted molar refractivity (Wildman–Crippen MR) is 103 cm³/mol. The molecule has 146 valence electrons. The Morgan fingerprint density at radius 3 is 2.67 bits per heavy atom. The summed E-state index contributed by atoms with van der Waals surface area (Å²) in [5, 5.41) is 5.99. The molecule has 0 radical (unpaired) electrons. The highest BCUT2D eigenvalue weighted by Crippen LogP contribution is 2.42. The van der Waals surface area contributed by atoms with Gasteiger partial charge in [-0.25, -0.2) is 4.79 Å². The second-order valence-corrected chi connectivity index (χ2v) is 8.29. The molecule has 2 aliphatic heterocycles. The standard InChI is InChI=1S/C21H29N3O3/c1-15-14-24(20(26)23-17-5-3-2-4-6-17)12-11-21(15)10-9-18(27-21)19(25)22-13-16-7-8-16/h2-6,15-16,18H,7-14H2,1H3,(H,22,25)(H,23,26)/t15-,18?,21+/m0/s1. The summed E-state index contributed by atoms with van der Waals surface area (Å²) >= 11 is 0. The Kier molecular flexibility index (Phi) is 5.08. The Hall–Kier alpha value is -2.08. The Bertz CT molecular complexity index is 691. The van der Waals surface area contributed by atoms with Gasteiger partial charge in [-0.3, -0.25) is 4.79 Å². The lowest BCUT2D eigenvalue weighted by molar-refractivity contribution is -0.146. The van der Waals surface area contributed by atoms with E-state index in [1.54, 1.807) is 0 Å². The lowest BCUT2D eigenvalue weighted by Gasteiger charge is -2.44.